The number of rotatable bonds is 4. The Morgan fingerprint density at radius 3 is 2.62 bits per heavy atom. The Bertz CT molecular complexity index is 1140. The molecule has 1 aromatic heterocycles. The van der Waals surface area contributed by atoms with E-state index in [4.69, 9.17) is 4.74 Å². The minimum atomic E-state index is -4.12. The largest absolute Gasteiger partial charge is 0.379 e. The quantitative estimate of drug-likeness (QED) is 0.651. The Labute approximate surface area is 189 Å². The molecule has 0 saturated carbocycles. The van der Waals surface area contributed by atoms with Crippen molar-refractivity contribution in [2.75, 3.05) is 26.3 Å². The molecule has 0 spiro atoms. The lowest BCUT2D eigenvalue weighted by molar-refractivity contribution is 0.0729. The number of morpholine rings is 1. The van der Waals surface area contributed by atoms with Crippen molar-refractivity contribution in [2.24, 2.45) is 5.92 Å². The van der Waals surface area contributed by atoms with E-state index < -0.39 is 32.6 Å². The second-order valence-corrected chi connectivity index (χ2v) is 11.0. The van der Waals surface area contributed by atoms with E-state index >= 15 is 0 Å². The van der Waals surface area contributed by atoms with E-state index in [9.17, 15) is 22.4 Å². The van der Waals surface area contributed by atoms with Crippen LogP contribution in [0.3, 0.4) is 0 Å². The van der Waals surface area contributed by atoms with Gasteiger partial charge in [-0.2, -0.15) is 4.31 Å². The fourth-order valence-electron chi connectivity index (χ4n) is 3.83. The van der Waals surface area contributed by atoms with Crippen LogP contribution in [0.1, 0.15) is 43.8 Å². The van der Waals surface area contributed by atoms with Crippen molar-refractivity contribution >= 4 is 33.2 Å². The van der Waals surface area contributed by atoms with Crippen LogP contribution < -0.4 is 10.9 Å². The normalized spacial score (nSPS) is 19.2. The lowest BCUT2D eigenvalue weighted by atomic mass is 9.90. The summed E-state index contributed by atoms with van der Waals surface area (Å²) < 4.78 is 46.2. The first-order valence-electron chi connectivity index (χ1n) is 10.4. The molecule has 1 aliphatic heterocycles. The molecular weight excluding hydrogens is 457 g/mol. The zero-order valence-corrected chi connectivity index (χ0v) is 19.2. The number of hydrogen-bond acceptors (Lipinski definition) is 6. The smallest absolute Gasteiger partial charge is 0.279 e. The zero-order chi connectivity index (χ0) is 22.9. The molecule has 2 aromatic rings. The van der Waals surface area contributed by atoms with E-state index in [1.165, 1.54) is 27.8 Å². The molecule has 1 aromatic carbocycles. The Balaban J connectivity index is 1.45. The summed E-state index contributed by atoms with van der Waals surface area (Å²) in [6.07, 6.45) is 2.96. The molecule has 1 saturated heterocycles. The van der Waals surface area contributed by atoms with Gasteiger partial charge in [-0.15, -0.1) is 11.3 Å². The number of fused-ring (bicyclic) bond motifs is 1. The average Bonchev–Trinajstić information content (AvgIpc) is 3.21. The van der Waals surface area contributed by atoms with E-state index in [1.807, 2.05) is 6.07 Å². The van der Waals surface area contributed by atoms with Gasteiger partial charge < -0.3 is 4.74 Å². The summed E-state index contributed by atoms with van der Waals surface area (Å²) in [6, 6.07) is 4.92. The molecule has 2 N–H and O–H groups in total. The minimum Gasteiger partial charge on any atom is -0.379 e. The number of carbonyl (C=O) groups is 2. The van der Waals surface area contributed by atoms with Gasteiger partial charge in [0, 0.05) is 23.5 Å². The highest BCUT2D eigenvalue weighted by molar-refractivity contribution is 7.89. The Morgan fingerprint density at radius 2 is 1.88 bits per heavy atom. The first-order chi connectivity index (χ1) is 15.3. The summed E-state index contributed by atoms with van der Waals surface area (Å²) in [4.78, 5) is 26.1. The first-order valence-corrected chi connectivity index (χ1v) is 12.6. The van der Waals surface area contributed by atoms with Crippen molar-refractivity contribution < 1.29 is 27.1 Å². The van der Waals surface area contributed by atoms with Gasteiger partial charge in [0.25, 0.3) is 11.8 Å². The van der Waals surface area contributed by atoms with Crippen LogP contribution in [-0.4, -0.2) is 50.8 Å². The van der Waals surface area contributed by atoms with Crippen LogP contribution in [0.25, 0.3) is 0 Å². The van der Waals surface area contributed by atoms with Crippen LogP contribution in [-0.2, 0) is 27.6 Å². The third kappa shape index (κ3) is 4.70. The van der Waals surface area contributed by atoms with Crippen LogP contribution in [0, 0.1) is 11.7 Å². The topological polar surface area (TPSA) is 105 Å². The molecule has 1 fully saturated rings. The summed E-state index contributed by atoms with van der Waals surface area (Å²) in [5, 5.41) is 0. The number of nitrogens with zero attached hydrogens (tertiary/aromatic N) is 1. The Morgan fingerprint density at radius 1 is 1.16 bits per heavy atom. The number of hydrazine groups is 1. The van der Waals surface area contributed by atoms with Gasteiger partial charge in [-0.05, 0) is 55.0 Å². The summed E-state index contributed by atoms with van der Waals surface area (Å²) >= 11 is 1.41. The molecule has 8 nitrogen and oxygen atoms in total. The number of carbonyl (C=O) groups excluding carboxylic acids is 2. The lowest BCUT2D eigenvalue weighted by Gasteiger charge is -2.26. The van der Waals surface area contributed by atoms with E-state index in [0.29, 0.717) is 10.8 Å². The van der Waals surface area contributed by atoms with Gasteiger partial charge in [0.05, 0.1) is 18.1 Å². The van der Waals surface area contributed by atoms with E-state index in [-0.39, 0.29) is 31.9 Å². The number of sulfonamides is 1. The maximum absolute atomic E-state index is 14.3. The van der Waals surface area contributed by atoms with Crippen LogP contribution in [0.4, 0.5) is 4.39 Å². The molecule has 2 amide bonds. The first kappa shape index (κ1) is 22.8. The number of ether oxygens (including phenoxy) is 1. The number of hydrogen-bond donors (Lipinski definition) is 2. The summed E-state index contributed by atoms with van der Waals surface area (Å²) in [5.41, 5.74) is 5.72. The standard InChI is InChI=1S/C21H24FN3O5S2/c1-13-2-5-17-15(10-13)11-18(31-17)21(27)24-23-20(26)14-3-4-16(22)19(12-14)32(28,29)25-6-8-30-9-7-25/h3-4,11-13H,2,5-10H2,1H3,(H,23,26)(H,24,27). The van der Waals surface area contributed by atoms with E-state index in [1.54, 1.807) is 0 Å². The van der Waals surface area contributed by atoms with Gasteiger partial charge in [-0.25, -0.2) is 12.8 Å². The lowest BCUT2D eigenvalue weighted by Crippen LogP contribution is -2.42. The highest BCUT2D eigenvalue weighted by atomic mass is 32.2. The van der Waals surface area contributed by atoms with Crippen LogP contribution in [0.2, 0.25) is 0 Å². The van der Waals surface area contributed by atoms with Crippen molar-refractivity contribution in [1.29, 1.82) is 0 Å². The molecule has 0 radical (unpaired) electrons. The highest BCUT2D eigenvalue weighted by Crippen LogP contribution is 2.32. The number of amides is 2. The SMILES string of the molecule is CC1CCc2sc(C(=O)NNC(=O)c3ccc(F)c(S(=O)(=O)N4CCOCC4)c3)cc2C1. The highest BCUT2D eigenvalue weighted by Gasteiger charge is 2.30. The van der Waals surface area contributed by atoms with Gasteiger partial charge in [-0.1, -0.05) is 6.92 Å². The third-order valence-electron chi connectivity index (χ3n) is 5.62. The maximum atomic E-state index is 14.3. The van der Waals surface area contributed by atoms with Crippen LogP contribution in [0.15, 0.2) is 29.2 Å². The number of thiophene rings is 1. The molecule has 1 unspecified atom stereocenters. The van der Waals surface area contributed by atoms with Crippen LogP contribution in [0.5, 0.6) is 0 Å². The van der Waals surface area contributed by atoms with Gasteiger partial charge in [-0.3, -0.25) is 20.4 Å². The Hall–Kier alpha value is -2.34. The minimum absolute atomic E-state index is 0.0853. The van der Waals surface area contributed by atoms with Gasteiger partial charge >= 0.3 is 0 Å². The molecule has 4 rings (SSSR count). The second-order valence-electron chi connectivity index (χ2n) is 7.98. The molecule has 11 heteroatoms. The predicted molar refractivity (Wildman–Crippen MR) is 116 cm³/mol. The van der Waals surface area contributed by atoms with Gasteiger partial charge in [0.15, 0.2) is 0 Å². The van der Waals surface area contributed by atoms with Crippen molar-refractivity contribution in [2.45, 2.75) is 31.1 Å². The summed E-state index contributed by atoms with van der Waals surface area (Å²) in [5.74, 6) is -1.56. The molecule has 0 bridgehead atoms. The number of aryl methyl sites for hydroxylation is 1. The van der Waals surface area contributed by atoms with Gasteiger partial charge in [0.2, 0.25) is 10.0 Å². The van der Waals surface area contributed by atoms with Crippen molar-refractivity contribution in [3.8, 4) is 0 Å². The van der Waals surface area contributed by atoms with Crippen LogP contribution >= 0.6 is 11.3 Å². The van der Waals surface area contributed by atoms with E-state index in [2.05, 4.69) is 17.8 Å². The number of benzene rings is 1. The van der Waals surface area contributed by atoms with E-state index in [0.717, 1.165) is 35.7 Å². The monoisotopic (exact) mass is 481 g/mol. The molecule has 32 heavy (non-hydrogen) atoms. The molecule has 1 atom stereocenters. The van der Waals surface area contributed by atoms with Gasteiger partial charge in [0.1, 0.15) is 10.7 Å². The van der Waals surface area contributed by atoms with Crippen molar-refractivity contribution in [1.82, 2.24) is 15.2 Å². The Kier molecular flexibility index (Phi) is 6.61. The molecule has 172 valence electrons. The number of halogens is 1. The summed E-state index contributed by atoms with van der Waals surface area (Å²) in [7, 11) is -4.12. The number of nitrogens with one attached hydrogen (secondary N) is 2. The fourth-order valence-corrected chi connectivity index (χ4v) is 6.44. The molecule has 2 aliphatic rings. The van der Waals surface area contributed by atoms with Crippen molar-refractivity contribution in [3.63, 3.8) is 0 Å². The second kappa shape index (κ2) is 9.26. The summed E-state index contributed by atoms with van der Waals surface area (Å²) in [6.45, 7) is 2.84. The third-order valence-corrected chi connectivity index (χ3v) is 8.77. The fraction of sp³-hybridized carbons (Fsp3) is 0.429. The molecule has 1 aliphatic carbocycles. The van der Waals surface area contributed by atoms with Crippen molar-refractivity contribution in [3.05, 3.63) is 51.0 Å². The average molecular weight is 482 g/mol. The molecular formula is C21H24FN3O5S2. The molecule has 2 heterocycles. The zero-order valence-electron chi connectivity index (χ0n) is 17.5. The maximum Gasteiger partial charge on any atom is 0.279 e. The predicted octanol–water partition coefficient (Wildman–Crippen LogP) is 2.11.